The van der Waals surface area contributed by atoms with Gasteiger partial charge in [0.05, 0.1) is 18.4 Å². The Bertz CT molecular complexity index is 636. The van der Waals surface area contributed by atoms with E-state index >= 15 is 0 Å². The lowest BCUT2D eigenvalue weighted by molar-refractivity contribution is 0.102. The number of carbonyl (C=O) groups is 1. The fourth-order valence-corrected chi connectivity index (χ4v) is 1.85. The number of nitrogen functional groups attached to an aromatic ring is 1. The van der Waals surface area contributed by atoms with Crippen molar-refractivity contribution in [1.29, 1.82) is 0 Å². The highest BCUT2D eigenvalue weighted by atomic mass is 19.1. The smallest absolute Gasteiger partial charge is 0.259 e. The standard InChI is InChI=1S/C15H15FN2O2/c1-9-6-7-13(20-2)10(8-9)15(19)18-14-11(16)4-3-5-12(14)17/h3-8H,17H2,1-2H3,(H,18,19). The van der Waals surface area contributed by atoms with Crippen LogP contribution >= 0.6 is 0 Å². The second-order valence-corrected chi connectivity index (χ2v) is 4.36. The lowest BCUT2D eigenvalue weighted by Crippen LogP contribution is -2.15. The Balaban J connectivity index is 2.35. The van der Waals surface area contributed by atoms with Crippen LogP contribution < -0.4 is 15.8 Å². The number of carbonyl (C=O) groups excluding carboxylic acids is 1. The van der Waals surface area contributed by atoms with E-state index in [-0.39, 0.29) is 11.4 Å². The van der Waals surface area contributed by atoms with Crippen molar-refractivity contribution in [2.45, 2.75) is 6.92 Å². The van der Waals surface area contributed by atoms with Crippen molar-refractivity contribution in [2.75, 3.05) is 18.2 Å². The molecule has 4 nitrogen and oxygen atoms in total. The summed E-state index contributed by atoms with van der Waals surface area (Å²) < 4.78 is 18.8. The van der Waals surface area contributed by atoms with Crippen molar-refractivity contribution >= 4 is 17.3 Å². The van der Waals surface area contributed by atoms with Gasteiger partial charge in [0, 0.05) is 0 Å². The quantitative estimate of drug-likeness (QED) is 0.846. The molecule has 0 unspecified atom stereocenters. The SMILES string of the molecule is COc1ccc(C)cc1C(=O)Nc1c(N)cccc1F. The molecule has 0 heterocycles. The van der Waals surface area contributed by atoms with Crippen LogP contribution in [-0.2, 0) is 0 Å². The number of aryl methyl sites for hydroxylation is 1. The van der Waals surface area contributed by atoms with Crippen LogP contribution in [0.1, 0.15) is 15.9 Å². The molecule has 0 fully saturated rings. The molecule has 0 aliphatic heterocycles. The van der Waals surface area contributed by atoms with Gasteiger partial charge in [0.25, 0.3) is 5.91 Å². The minimum atomic E-state index is -0.579. The van der Waals surface area contributed by atoms with Crippen molar-refractivity contribution in [1.82, 2.24) is 0 Å². The van der Waals surface area contributed by atoms with Crippen LogP contribution in [0.2, 0.25) is 0 Å². The van der Waals surface area contributed by atoms with Crippen molar-refractivity contribution < 1.29 is 13.9 Å². The van der Waals surface area contributed by atoms with E-state index in [1.165, 1.54) is 25.3 Å². The number of ether oxygens (including phenoxy) is 1. The zero-order valence-electron chi connectivity index (χ0n) is 11.2. The molecule has 5 heteroatoms. The minimum absolute atomic E-state index is 0.0268. The fraction of sp³-hybridized carbons (Fsp3) is 0.133. The van der Waals surface area contributed by atoms with Gasteiger partial charge in [-0.3, -0.25) is 4.79 Å². The molecule has 2 aromatic carbocycles. The number of halogens is 1. The zero-order chi connectivity index (χ0) is 14.7. The highest BCUT2D eigenvalue weighted by Gasteiger charge is 2.15. The molecule has 2 aromatic rings. The number of methoxy groups -OCH3 is 1. The Morgan fingerprint density at radius 2 is 2.05 bits per heavy atom. The lowest BCUT2D eigenvalue weighted by Gasteiger charge is -2.12. The molecule has 1 amide bonds. The summed E-state index contributed by atoms with van der Waals surface area (Å²) in [5.41, 5.74) is 7.04. The van der Waals surface area contributed by atoms with Gasteiger partial charge < -0.3 is 15.8 Å². The van der Waals surface area contributed by atoms with Crippen molar-refractivity contribution in [3.8, 4) is 5.75 Å². The second-order valence-electron chi connectivity index (χ2n) is 4.36. The number of nitrogens with two attached hydrogens (primary N) is 1. The molecule has 104 valence electrons. The summed E-state index contributed by atoms with van der Waals surface area (Å²) in [6, 6.07) is 9.42. The van der Waals surface area contributed by atoms with E-state index in [0.717, 1.165) is 5.56 Å². The van der Waals surface area contributed by atoms with Gasteiger partial charge in [-0.05, 0) is 31.2 Å². The molecule has 20 heavy (non-hydrogen) atoms. The summed E-state index contributed by atoms with van der Waals surface area (Å²) in [4.78, 5) is 12.2. The van der Waals surface area contributed by atoms with Crippen LogP contribution in [0.15, 0.2) is 36.4 Å². The number of rotatable bonds is 3. The molecular formula is C15H15FN2O2. The number of para-hydroxylation sites is 1. The average Bonchev–Trinajstić information content (AvgIpc) is 2.43. The van der Waals surface area contributed by atoms with E-state index in [1.807, 2.05) is 13.0 Å². The van der Waals surface area contributed by atoms with Crippen LogP contribution in [0.5, 0.6) is 5.75 Å². The van der Waals surface area contributed by atoms with Crippen LogP contribution in [-0.4, -0.2) is 13.0 Å². The Morgan fingerprint density at radius 3 is 2.70 bits per heavy atom. The highest BCUT2D eigenvalue weighted by Crippen LogP contribution is 2.25. The molecule has 0 saturated carbocycles. The first-order chi connectivity index (χ1) is 9.52. The Kier molecular flexibility index (Phi) is 3.89. The summed E-state index contributed by atoms with van der Waals surface area (Å²) in [6.07, 6.45) is 0. The molecule has 0 saturated heterocycles. The van der Waals surface area contributed by atoms with Crippen molar-refractivity contribution in [2.24, 2.45) is 0 Å². The van der Waals surface area contributed by atoms with E-state index in [1.54, 1.807) is 12.1 Å². The van der Waals surface area contributed by atoms with Gasteiger partial charge in [-0.2, -0.15) is 0 Å². The molecule has 2 rings (SSSR count). The van der Waals surface area contributed by atoms with Gasteiger partial charge in [0.15, 0.2) is 0 Å². The van der Waals surface area contributed by atoms with Gasteiger partial charge >= 0.3 is 0 Å². The molecule has 0 spiro atoms. The molecule has 0 aliphatic carbocycles. The first-order valence-corrected chi connectivity index (χ1v) is 6.03. The second kappa shape index (κ2) is 5.61. The van der Waals surface area contributed by atoms with Gasteiger partial charge in [-0.25, -0.2) is 4.39 Å². The fourth-order valence-electron chi connectivity index (χ4n) is 1.85. The van der Waals surface area contributed by atoms with Gasteiger partial charge in [-0.15, -0.1) is 0 Å². The van der Waals surface area contributed by atoms with Crippen LogP contribution in [0.4, 0.5) is 15.8 Å². The van der Waals surface area contributed by atoms with Gasteiger partial charge in [0.2, 0.25) is 0 Å². The minimum Gasteiger partial charge on any atom is -0.496 e. The monoisotopic (exact) mass is 274 g/mol. The number of hydrogen-bond donors (Lipinski definition) is 2. The Hall–Kier alpha value is -2.56. The third-order valence-corrected chi connectivity index (χ3v) is 2.88. The molecule has 0 aromatic heterocycles. The van der Waals surface area contributed by atoms with Crippen molar-refractivity contribution in [3.05, 3.63) is 53.3 Å². The number of nitrogens with one attached hydrogen (secondary N) is 1. The largest absolute Gasteiger partial charge is 0.496 e. The summed E-state index contributed by atoms with van der Waals surface area (Å²) in [5, 5.41) is 2.48. The third-order valence-electron chi connectivity index (χ3n) is 2.88. The van der Waals surface area contributed by atoms with E-state index < -0.39 is 11.7 Å². The van der Waals surface area contributed by atoms with Crippen LogP contribution in [0.25, 0.3) is 0 Å². The third kappa shape index (κ3) is 2.71. The molecule has 0 bridgehead atoms. The van der Waals surface area contributed by atoms with E-state index in [0.29, 0.717) is 11.3 Å². The molecule has 0 radical (unpaired) electrons. The normalized spacial score (nSPS) is 10.2. The summed E-state index contributed by atoms with van der Waals surface area (Å²) >= 11 is 0. The average molecular weight is 274 g/mol. The highest BCUT2D eigenvalue weighted by molar-refractivity contribution is 6.07. The predicted molar refractivity (Wildman–Crippen MR) is 76.5 cm³/mol. The van der Waals surface area contributed by atoms with E-state index in [4.69, 9.17) is 10.5 Å². The summed E-state index contributed by atoms with van der Waals surface area (Å²) in [7, 11) is 1.47. The van der Waals surface area contributed by atoms with Crippen LogP contribution in [0.3, 0.4) is 0 Å². The van der Waals surface area contributed by atoms with Crippen LogP contribution in [0, 0.1) is 12.7 Å². The summed E-state index contributed by atoms with van der Waals surface area (Å²) in [6.45, 7) is 1.85. The van der Waals surface area contributed by atoms with E-state index in [9.17, 15) is 9.18 Å². The maximum Gasteiger partial charge on any atom is 0.259 e. The predicted octanol–water partition coefficient (Wildman–Crippen LogP) is 2.98. The first-order valence-electron chi connectivity index (χ1n) is 6.03. The molecule has 0 aliphatic rings. The number of amides is 1. The summed E-state index contributed by atoms with van der Waals surface area (Å²) in [5.74, 6) is -0.629. The maximum absolute atomic E-state index is 13.7. The molecular weight excluding hydrogens is 259 g/mol. The Labute approximate surface area is 116 Å². The van der Waals surface area contributed by atoms with Gasteiger partial charge in [-0.1, -0.05) is 17.7 Å². The number of anilines is 2. The van der Waals surface area contributed by atoms with Crippen molar-refractivity contribution in [3.63, 3.8) is 0 Å². The van der Waals surface area contributed by atoms with E-state index in [2.05, 4.69) is 5.32 Å². The molecule has 0 atom stereocenters. The van der Waals surface area contributed by atoms with Gasteiger partial charge in [0.1, 0.15) is 17.3 Å². The first kappa shape index (κ1) is 13.9. The maximum atomic E-state index is 13.7. The molecule has 3 N–H and O–H groups in total. The number of hydrogen-bond acceptors (Lipinski definition) is 3. The lowest BCUT2D eigenvalue weighted by atomic mass is 10.1. The Morgan fingerprint density at radius 1 is 1.30 bits per heavy atom. The topological polar surface area (TPSA) is 64.3 Å². The zero-order valence-corrected chi connectivity index (χ0v) is 11.2. The number of benzene rings is 2.